The molecule has 0 N–H and O–H groups in total. The van der Waals surface area contributed by atoms with Gasteiger partial charge in [-0.3, -0.25) is 4.79 Å². The van der Waals surface area contributed by atoms with E-state index in [9.17, 15) is 9.59 Å². The molecule has 136 valence electrons. The predicted octanol–water partition coefficient (Wildman–Crippen LogP) is 5.25. The van der Waals surface area contributed by atoms with Gasteiger partial charge in [0.1, 0.15) is 11.5 Å². The molecule has 0 aromatic heterocycles. The molecule has 0 spiro atoms. The van der Waals surface area contributed by atoms with Crippen LogP contribution in [0.25, 0.3) is 6.08 Å². The van der Waals surface area contributed by atoms with Crippen molar-refractivity contribution in [2.45, 2.75) is 26.2 Å². The van der Waals surface area contributed by atoms with Crippen LogP contribution in [0.3, 0.4) is 0 Å². The van der Waals surface area contributed by atoms with Gasteiger partial charge in [0.25, 0.3) is 0 Å². The van der Waals surface area contributed by atoms with Gasteiger partial charge in [-0.1, -0.05) is 38.0 Å². The lowest BCUT2D eigenvalue weighted by molar-refractivity contribution is -0.107. The molecule has 0 heterocycles. The lowest BCUT2D eigenvalue weighted by Crippen LogP contribution is -2.08. The first-order valence-corrected chi connectivity index (χ1v) is 8.89. The van der Waals surface area contributed by atoms with Crippen LogP contribution in [0, 0.1) is 0 Å². The van der Waals surface area contributed by atoms with E-state index in [0.717, 1.165) is 30.6 Å². The van der Waals surface area contributed by atoms with Crippen LogP contribution < -0.4 is 9.47 Å². The van der Waals surface area contributed by atoms with E-state index in [2.05, 4.69) is 6.92 Å². The molecule has 0 fully saturated rings. The summed E-state index contributed by atoms with van der Waals surface area (Å²) in [5.41, 5.74) is 1.23. The molecule has 0 atom stereocenters. The summed E-state index contributed by atoms with van der Waals surface area (Å²) in [4.78, 5) is 22.9. The van der Waals surface area contributed by atoms with Crippen LogP contribution in [-0.4, -0.2) is 17.8 Å². The maximum atomic E-state index is 12.2. The lowest BCUT2D eigenvalue weighted by Gasteiger charge is -2.07. The van der Waals surface area contributed by atoms with Gasteiger partial charge in [0.05, 0.1) is 12.2 Å². The molecule has 2 rings (SSSR count). The largest absolute Gasteiger partial charge is 0.494 e. The number of carbonyl (C=O) groups excluding carboxylic acids is 2. The smallest absolute Gasteiger partial charge is 0.343 e. The van der Waals surface area contributed by atoms with Gasteiger partial charge in [0, 0.05) is 0 Å². The molecule has 5 heteroatoms. The summed E-state index contributed by atoms with van der Waals surface area (Å²) in [6.45, 7) is 2.82. The van der Waals surface area contributed by atoms with E-state index in [0.29, 0.717) is 17.9 Å². The van der Waals surface area contributed by atoms with Gasteiger partial charge in [-0.25, -0.2) is 4.79 Å². The Morgan fingerprint density at radius 3 is 2.23 bits per heavy atom. The molecule has 0 aliphatic rings. The van der Waals surface area contributed by atoms with Crippen LogP contribution in [-0.2, 0) is 4.79 Å². The highest BCUT2D eigenvalue weighted by Crippen LogP contribution is 2.17. The average Bonchev–Trinajstić information content (AvgIpc) is 2.65. The number of hydrogen-bond acceptors (Lipinski definition) is 4. The third kappa shape index (κ3) is 6.73. The van der Waals surface area contributed by atoms with Gasteiger partial charge in [0.2, 0.25) is 5.24 Å². The fraction of sp³-hybridized carbons (Fsp3) is 0.238. The maximum absolute atomic E-state index is 12.2. The molecule has 0 saturated carbocycles. The Balaban J connectivity index is 1.89. The number of benzene rings is 2. The number of unbranched alkanes of at least 4 members (excludes halogenated alkanes) is 2. The van der Waals surface area contributed by atoms with Crippen molar-refractivity contribution in [3.8, 4) is 11.5 Å². The molecule has 0 saturated heterocycles. The summed E-state index contributed by atoms with van der Waals surface area (Å²) in [5, 5.41) is -0.543. The van der Waals surface area contributed by atoms with E-state index in [1.165, 1.54) is 6.08 Å². The van der Waals surface area contributed by atoms with Crippen molar-refractivity contribution in [1.29, 1.82) is 0 Å². The highest BCUT2D eigenvalue weighted by molar-refractivity contribution is 6.66. The molecule has 0 aliphatic carbocycles. The fourth-order valence-electron chi connectivity index (χ4n) is 2.20. The van der Waals surface area contributed by atoms with E-state index in [4.69, 9.17) is 21.1 Å². The van der Waals surface area contributed by atoms with Crippen molar-refractivity contribution < 1.29 is 19.1 Å². The van der Waals surface area contributed by atoms with Crippen LogP contribution in [0.1, 0.15) is 42.1 Å². The fourth-order valence-corrected chi connectivity index (χ4v) is 2.27. The van der Waals surface area contributed by atoms with Crippen LogP contribution in [0.15, 0.2) is 54.6 Å². The molecule has 2 aromatic carbocycles. The van der Waals surface area contributed by atoms with E-state index in [-0.39, 0.29) is 0 Å². The Kier molecular flexibility index (Phi) is 7.90. The lowest BCUT2D eigenvalue weighted by atomic mass is 10.2. The predicted molar refractivity (Wildman–Crippen MR) is 103 cm³/mol. The molecule has 0 unspecified atom stereocenters. The third-order valence-electron chi connectivity index (χ3n) is 3.60. The second kappa shape index (κ2) is 10.4. The monoisotopic (exact) mass is 372 g/mol. The zero-order valence-electron chi connectivity index (χ0n) is 14.6. The molecular formula is C21H21ClO4. The number of hydrogen-bond donors (Lipinski definition) is 0. The molecule has 0 bridgehead atoms. The Bertz CT molecular complexity index is 749. The second-order valence-corrected chi connectivity index (χ2v) is 6.05. The summed E-state index contributed by atoms with van der Waals surface area (Å²) >= 11 is 5.24. The zero-order valence-corrected chi connectivity index (χ0v) is 15.4. The molecule has 4 nitrogen and oxygen atoms in total. The maximum Gasteiger partial charge on any atom is 0.343 e. The number of esters is 1. The van der Waals surface area contributed by atoms with Crippen LogP contribution in [0.5, 0.6) is 11.5 Å². The highest BCUT2D eigenvalue weighted by Gasteiger charge is 2.08. The summed E-state index contributed by atoms with van der Waals surface area (Å²) in [7, 11) is 0. The molecule has 0 radical (unpaired) electrons. The van der Waals surface area contributed by atoms with Crippen LogP contribution in [0.4, 0.5) is 0 Å². The van der Waals surface area contributed by atoms with Crippen molar-refractivity contribution in [1.82, 2.24) is 0 Å². The summed E-state index contributed by atoms with van der Waals surface area (Å²) in [6.07, 6.45) is 6.15. The number of halogens is 1. The Labute approximate surface area is 158 Å². The highest BCUT2D eigenvalue weighted by atomic mass is 35.5. The molecule has 0 aliphatic heterocycles. The first kappa shape index (κ1) is 19.7. The number of allylic oxidation sites excluding steroid dienone is 1. The first-order valence-electron chi connectivity index (χ1n) is 8.51. The average molecular weight is 373 g/mol. The second-order valence-electron chi connectivity index (χ2n) is 5.68. The minimum atomic E-state index is -0.543. The Morgan fingerprint density at radius 2 is 1.62 bits per heavy atom. The van der Waals surface area contributed by atoms with Crippen molar-refractivity contribution in [3.63, 3.8) is 0 Å². The van der Waals surface area contributed by atoms with Crippen molar-refractivity contribution >= 4 is 28.9 Å². The van der Waals surface area contributed by atoms with Crippen LogP contribution >= 0.6 is 11.6 Å². The van der Waals surface area contributed by atoms with E-state index < -0.39 is 11.2 Å². The molecular weight excluding hydrogens is 352 g/mol. The summed E-state index contributed by atoms with van der Waals surface area (Å²) in [5.74, 6) is 0.716. The molecule has 0 amide bonds. The number of ether oxygens (including phenoxy) is 2. The topological polar surface area (TPSA) is 52.6 Å². The van der Waals surface area contributed by atoms with Crippen LogP contribution in [0.2, 0.25) is 0 Å². The van der Waals surface area contributed by atoms with Crippen molar-refractivity contribution in [2.24, 2.45) is 0 Å². The summed E-state index contributed by atoms with van der Waals surface area (Å²) < 4.78 is 11.0. The van der Waals surface area contributed by atoms with Gasteiger partial charge >= 0.3 is 5.97 Å². The van der Waals surface area contributed by atoms with Gasteiger partial charge in [-0.05, 0) is 66.1 Å². The van der Waals surface area contributed by atoms with Crippen molar-refractivity contribution in [3.05, 3.63) is 65.7 Å². The molecule has 26 heavy (non-hydrogen) atoms. The van der Waals surface area contributed by atoms with Gasteiger partial charge < -0.3 is 9.47 Å². The standard InChI is InChI=1S/C21H21ClO4/c1-2-3-4-15-25-18-12-8-17(9-13-18)21(24)26-19-10-5-16(6-11-19)7-14-20(22)23/h5-14H,2-4,15H2,1H3. The zero-order chi connectivity index (χ0) is 18.8. The van der Waals surface area contributed by atoms with E-state index >= 15 is 0 Å². The first-order chi connectivity index (χ1) is 12.6. The van der Waals surface area contributed by atoms with Gasteiger partial charge in [0.15, 0.2) is 0 Å². The van der Waals surface area contributed by atoms with Crippen molar-refractivity contribution in [2.75, 3.05) is 6.61 Å². The summed E-state index contributed by atoms with van der Waals surface area (Å²) in [6, 6.07) is 13.7. The van der Waals surface area contributed by atoms with Gasteiger partial charge in [-0.2, -0.15) is 0 Å². The third-order valence-corrected chi connectivity index (χ3v) is 3.73. The van der Waals surface area contributed by atoms with E-state index in [1.54, 1.807) is 54.6 Å². The molecule has 2 aromatic rings. The quantitative estimate of drug-likeness (QED) is 0.198. The van der Waals surface area contributed by atoms with Gasteiger partial charge in [-0.15, -0.1) is 0 Å². The minimum Gasteiger partial charge on any atom is -0.494 e. The Morgan fingerprint density at radius 1 is 0.962 bits per heavy atom. The number of carbonyl (C=O) groups is 2. The normalized spacial score (nSPS) is 10.7. The SMILES string of the molecule is CCCCCOc1ccc(C(=O)Oc2ccc(C=CC(=O)Cl)cc2)cc1. The number of rotatable bonds is 9. The van der Waals surface area contributed by atoms with E-state index in [1.807, 2.05) is 0 Å². The minimum absolute atomic E-state index is 0.421. The Hall–Kier alpha value is -2.59.